The van der Waals surface area contributed by atoms with Gasteiger partial charge in [-0.15, -0.1) is 0 Å². The lowest BCUT2D eigenvalue weighted by molar-refractivity contribution is -0.132. The number of hydrogen-bond acceptors (Lipinski definition) is 4. The Morgan fingerprint density at radius 3 is 1.82 bits per heavy atom. The van der Waals surface area contributed by atoms with Crippen LogP contribution in [0.1, 0.15) is 40.2 Å². The van der Waals surface area contributed by atoms with Crippen molar-refractivity contribution in [3.8, 4) is 11.5 Å². The maximum atomic E-state index is 12.2. The molecule has 2 aromatic carbocycles. The third-order valence-electron chi connectivity index (χ3n) is 4.02. The summed E-state index contributed by atoms with van der Waals surface area (Å²) in [7, 11) is 0. The molecule has 2 amide bonds. The van der Waals surface area contributed by atoms with Crippen LogP contribution in [0.4, 0.5) is 11.4 Å². The minimum absolute atomic E-state index is 0.0197. The highest BCUT2D eigenvalue weighted by atomic mass is 16.5. The molecule has 0 bridgehead atoms. The molecule has 28 heavy (non-hydrogen) atoms. The zero-order chi connectivity index (χ0) is 20.7. The maximum Gasteiger partial charge on any atom is 0.314 e. The highest BCUT2D eigenvalue weighted by molar-refractivity contribution is 6.43. The van der Waals surface area contributed by atoms with Crippen LogP contribution in [0.25, 0.3) is 0 Å². The number of amides is 2. The fraction of sp³-hybridized carbons (Fsp3) is 0.364. The van der Waals surface area contributed by atoms with Crippen LogP contribution in [-0.4, -0.2) is 25.0 Å². The molecule has 0 saturated heterocycles. The van der Waals surface area contributed by atoms with Gasteiger partial charge in [0, 0.05) is 17.4 Å². The van der Waals surface area contributed by atoms with Gasteiger partial charge in [0.25, 0.3) is 0 Å². The Bertz CT molecular complexity index is 823. The number of rotatable bonds is 6. The fourth-order valence-electron chi connectivity index (χ4n) is 2.56. The molecule has 6 nitrogen and oxygen atoms in total. The number of anilines is 2. The summed E-state index contributed by atoms with van der Waals surface area (Å²) < 4.78 is 11.0. The molecule has 6 heteroatoms. The smallest absolute Gasteiger partial charge is 0.314 e. The molecule has 0 aliphatic heterocycles. The molecule has 0 aliphatic carbocycles. The Hall–Kier alpha value is -3.02. The van der Waals surface area contributed by atoms with E-state index in [9.17, 15) is 9.59 Å². The fourth-order valence-corrected chi connectivity index (χ4v) is 2.56. The van der Waals surface area contributed by atoms with Crippen molar-refractivity contribution in [3.63, 3.8) is 0 Å². The molecule has 0 atom stereocenters. The Balaban J connectivity index is 2.04. The summed E-state index contributed by atoms with van der Waals surface area (Å²) in [5, 5.41) is 5.18. The van der Waals surface area contributed by atoms with Crippen molar-refractivity contribution >= 4 is 23.2 Å². The Morgan fingerprint density at radius 1 is 0.786 bits per heavy atom. The van der Waals surface area contributed by atoms with Crippen molar-refractivity contribution in [1.82, 2.24) is 0 Å². The van der Waals surface area contributed by atoms with Gasteiger partial charge in [-0.2, -0.15) is 0 Å². The Kier molecular flexibility index (Phi) is 7.04. The normalized spacial score (nSPS) is 10.9. The number of carbonyl (C=O) groups excluding carboxylic acids is 2. The average Bonchev–Trinajstić information content (AvgIpc) is 2.64. The van der Waals surface area contributed by atoms with Crippen LogP contribution in [0.5, 0.6) is 11.5 Å². The van der Waals surface area contributed by atoms with E-state index in [0.29, 0.717) is 36.1 Å². The van der Waals surface area contributed by atoms with Crippen molar-refractivity contribution in [2.75, 3.05) is 23.8 Å². The quantitative estimate of drug-likeness (QED) is 0.726. The van der Waals surface area contributed by atoms with Crippen LogP contribution in [0.3, 0.4) is 0 Å². The van der Waals surface area contributed by atoms with Gasteiger partial charge < -0.3 is 20.1 Å². The minimum atomic E-state index is -0.758. The van der Waals surface area contributed by atoms with Crippen LogP contribution >= 0.6 is 0 Å². The maximum absolute atomic E-state index is 12.2. The lowest BCUT2D eigenvalue weighted by atomic mass is 9.87. The van der Waals surface area contributed by atoms with E-state index in [1.54, 1.807) is 30.3 Å². The van der Waals surface area contributed by atoms with Crippen LogP contribution in [0.15, 0.2) is 42.5 Å². The summed E-state index contributed by atoms with van der Waals surface area (Å²) in [4.78, 5) is 24.4. The third-order valence-corrected chi connectivity index (χ3v) is 4.02. The second kappa shape index (κ2) is 9.26. The molecule has 0 saturated carbocycles. The predicted octanol–water partition coefficient (Wildman–Crippen LogP) is 4.36. The van der Waals surface area contributed by atoms with Gasteiger partial charge in [-0.1, -0.05) is 32.9 Å². The van der Waals surface area contributed by atoms with E-state index in [2.05, 4.69) is 31.4 Å². The van der Waals surface area contributed by atoms with Crippen molar-refractivity contribution in [2.24, 2.45) is 0 Å². The van der Waals surface area contributed by atoms with Crippen LogP contribution < -0.4 is 20.1 Å². The summed E-state index contributed by atoms with van der Waals surface area (Å²) in [6.45, 7) is 11.0. The van der Waals surface area contributed by atoms with Gasteiger partial charge in [0.1, 0.15) is 0 Å². The van der Waals surface area contributed by atoms with Crippen molar-refractivity contribution in [1.29, 1.82) is 0 Å². The van der Waals surface area contributed by atoms with E-state index in [1.807, 2.05) is 26.0 Å². The van der Waals surface area contributed by atoms with Crippen molar-refractivity contribution < 1.29 is 19.1 Å². The first-order valence-electron chi connectivity index (χ1n) is 9.37. The molecular formula is C22H28N2O4. The largest absolute Gasteiger partial charge is 0.490 e. The van der Waals surface area contributed by atoms with E-state index in [4.69, 9.17) is 9.47 Å². The van der Waals surface area contributed by atoms with Gasteiger partial charge >= 0.3 is 11.8 Å². The number of carbonyl (C=O) groups is 2. The lowest BCUT2D eigenvalue weighted by Gasteiger charge is -2.19. The van der Waals surface area contributed by atoms with E-state index in [-0.39, 0.29) is 5.41 Å². The molecular weight excluding hydrogens is 356 g/mol. The number of benzene rings is 2. The average molecular weight is 384 g/mol. The van der Waals surface area contributed by atoms with E-state index >= 15 is 0 Å². The Morgan fingerprint density at radius 2 is 1.29 bits per heavy atom. The predicted molar refractivity (Wildman–Crippen MR) is 111 cm³/mol. The molecule has 2 aromatic rings. The summed E-state index contributed by atoms with van der Waals surface area (Å²) in [5.41, 5.74) is 2.18. The topological polar surface area (TPSA) is 76.7 Å². The lowest BCUT2D eigenvalue weighted by Crippen LogP contribution is -2.29. The summed E-state index contributed by atoms with van der Waals surface area (Å²) >= 11 is 0. The summed E-state index contributed by atoms with van der Waals surface area (Å²) in [6.07, 6.45) is 0. The molecule has 2 N–H and O–H groups in total. The first-order valence-corrected chi connectivity index (χ1v) is 9.37. The minimum Gasteiger partial charge on any atom is -0.490 e. The van der Waals surface area contributed by atoms with Gasteiger partial charge in [-0.25, -0.2) is 0 Å². The molecule has 0 aromatic heterocycles. The number of nitrogens with one attached hydrogen (secondary N) is 2. The van der Waals surface area contributed by atoms with Gasteiger partial charge in [0.15, 0.2) is 11.5 Å². The second-order valence-corrected chi connectivity index (χ2v) is 7.26. The van der Waals surface area contributed by atoms with E-state index in [0.717, 1.165) is 5.56 Å². The monoisotopic (exact) mass is 384 g/mol. The standard InChI is InChI=1S/C22H28N2O4/c1-6-27-18-13-12-17(14-19(18)28-7-2)24-21(26)20(25)23-16-10-8-15(9-11-16)22(3,4)5/h8-14H,6-7H2,1-5H3,(H,23,25)(H,24,26). The van der Waals surface area contributed by atoms with Gasteiger partial charge in [0.05, 0.1) is 13.2 Å². The van der Waals surface area contributed by atoms with E-state index < -0.39 is 11.8 Å². The highest BCUT2D eigenvalue weighted by Gasteiger charge is 2.17. The molecule has 0 radical (unpaired) electrons. The zero-order valence-electron chi connectivity index (χ0n) is 17.1. The molecule has 0 fully saturated rings. The highest BCUT2D eigenvalue weighted by Crippen LogP contribution is 2.30. The third kappa shape index (κ3) is 5.74. The van der Waals surface area contributed by atoms with Gasteiger partial charge in [0.2, 0.25) is 0 Å². The van der Waals surface area contributed by atoms with Crippen LogP contribution in [0, 0.1) is 0 Å². The van der Waals surface area contributed by atoms with Crippen molar-refractivity contribution in [3.05, 3.63) is 48.0 Å². The molecule has 0 unspecified atom stereocenters. The zero-order valence-corrected chi connectivity index (χ0v) is 17.1. The summed E-state index contributed by atoms with van der Waals surface area (Å²) in [5.74, 6) is -0.395. The summed E-state index contributed by atoms with van der Waals surface area (Å²) in [6, 6.07) is 12.5. The van der Waals surface area contributed by atoms with Crippen LogP contribution in [-0.2, 0) is 15.0 Å². The number of ether oxygens (including phenoxy) is 2. The van der Waals surface area contributed by atoms with Crippen molar-refractivity contribution in [2.45, 2.75) is 40.0 Å². The van der Waals surface area contributed by atoms with Gasteiger partial charge in [-0.05, 0) is 49.1 Å². The van der Waals surface area contributed by atoms with Gasteiger partial charge in [-0.3, -0.25) is 9.59 Å². The molecule has 150 valence electrons. The molecule has 0 heterocycles. The number of hydrogen-bond donors (Lipinski definition) is 2. The first-order chi connectivity index (χ1) is 13.2. The van der Waals surface area contributed by atoms with Crippen LogP contribution in [0.2, 0.25) is 0 Å². The molecule has 2 rings (SSSR count). The Labute approximate surface area is 166 Å². The first kappa shape index (κ1) is 21.3. The SMILES string of the molecule is CCOc1ccc(NC(=O)C(=O)Nc2ccc(C(C)(C)C)cc2)cc1OCC. The second-order valence-electron chi connectivity index (χ2n) is 7.26. The molecule has 0 spiro atoms. The van der Waals surface area contributed by atoms with E-state index in [1.165, 1.54) is 0 Å². The molecule has 0 aliphatic rings.